The third-order valence-electron chi connectivity index (χ3n) is 13.2. The first-order valence-corrected chi connectivity index (χ1v) is 15.0. The van der Waals surface area contributed by atoms with Gasteiger partial charge in [0.05, 0.1) is 6.10 Å². The van der Waals surface area contributed by atoms with Gasteiger partial charge < -0.3 is 14.2 Å². The van der Waals surface area contributed by atoms with Crippen molar-refractivity contribution in [1.82, 2.24) is 0 Å². The summed E-state index contributed by atoms with van der Waals surface area (Å²) in [6.07, 6.45) is 11.2. The molecule has 0 N–H and O–H groups in total. The highest BCUT2D eigenvalue weighted by molar-refractivity contribution is 5.87. The maximum Gasteiger partial charge on any atom is 0.316 e. The van der Waals surface area contributed by atoms with Crippen molar-refractivity contribution in [1.29, 1.82) is 0 Å². The molecule has 0 radical (unpaired) electrons. The molecule has 5 nitrogen and oxygen atoms in total. The average Bonchev–Trinajstić information content (AvgIpc) is 3.39. The Morgan fingerprint density at radius 3 is 2.46 bits per heavy atom. The molecule has 0 amide bonds. The van der Waals surface area contributed by atoms with Crippen molar-refractivity contribution in [2.45, 2.75) is 137 Å². The van der Waals surface area contributed by atoms with Gasteiger partial charge in [0, 0.05) is 17.8 Å². The van der Waals surface area contributed by atoms with Crippen molar-refractivity contribution in [2.75, 3.05) is 0 Å². The Morgan fingerprint density at radius 1 is 1.05 bits per heavy atom. The second-order valence-electron chi connectivity index (χ2n) is 15.0. The normalized spacial score (nSPS) is 51.1. The van der Waals surface area contributed by atoms with Crippen molar-refractivity contribution < 1.29 is 23.8 Å². The van der Waals surface area contributed by atoms with Crippen LogP contribution in [0, 0.1) is 39.4 Å². The molecule has 206 valence electrons. The van der Waals surface area contributed by atoms with E-state index >= 15 is 0 Å². The summed E-state index contributed by atoms with van der Waals surface area (Å²) >= 11 is 0. The van der Waals surface area contributed by atoms with Crippen molar-refractivity contribution in [3.05, 3.63) is 11.6 Å². The van der Waals surface area contributed by atoms with Crippen LogP contribution in [0.4, 0.5) is 0 Å². The molecule has 0 aromatic heterocycles. The predicted molar refractivity (Wildman–Crippen MR) is 142 cm³/mol. The first-order chi connectivity index (χ1) is 17.2. The van der Waals surface area contributed by atoms with Gasteiger partial charge in [-0.3, -0.25) is 9.59 Å². The van der Waals surface area contributed by atoms with E-state index in [9.17, 15) is 9.59 Å². The second-order valence-corrected chi connectivity index (χ2v) is 15.0. The number of rotatable bonds is 5. The fourth-order valence-corrected chi connectivity index (χ4v) is 11.5. The number of carbonyl (C=O) groups is 2. The second kappa shape index (κ2) is 7.64. The zero-order valence-electron chi connectivity index (χ0n) is 24.4. The highest BCUT2D eigenvalue weighted by Gasteiger charge is 2.97. The summed E-state index contributed by atoms with van der Waals surface area (Å²) in [6, 6.07) is 0. The molecule has 2 heterocycles. The Labute approximate surface area is 223 Å². The summed E-state index contributed by atoms with van der Waals surface area (Å²) in [5, 5.41) is 0. The van der Waals surface area contributed by atoms with Crippen LogP contribution in [0.5, 0.6) is 0 Å². The number of hydrogen-bond acceptors (Lipinski definition) is 5. The van der Waals surface area contributed by atoms with E-state index in [4.69, 9.17) is 14.2 Å². The average molecular weight is 513 g/mol. The molecule has 0 aromatic carbocycles. The fraction of sp³-hybridized carbons (Fsp3) is 0.875. The Balaban J connectivity index is 1.38. The van der Waals surface area contributed by atoms with E-state index in [1.807, 2.05) is 0 Å². The van der Waals surface area contributed by atoms with Gasteiger partial charge in [-0.15, -0.1) is 0 Å². The summed E-state index contributed by atoms with van der Waals surface area (Å²) < 4.78 is 19.6. The smallest absolute Gasteiger partial charge is 0.316 e. The summed E-state index contributed by atoms with van der Waals surface area (Å²) in [6.45, 7) is 17.6. The molecule has 37 heavy (non-hydrogen) atoms. The Bertz CT molecular complexity index is 1060. The zero-order valence-corrected chi connectivity index (χ0v) is 24.4. The van der Waals surface area contributed by atoms with Gasteiger partial charge in [0.2, 0.25) is 0 Å². The van der Waals surface area contributed by atoms with E-state index in [-0.39, 0.29) is 46.3 Å². The maximum atomic E-state index is 14.3. The van der Waals surface area contributed by atoms with Crippen molar-refractivity contribution in [2.24, 2.45) is 39.4 Å². The van der Waals surface area contributed by atoms with Gasteiger partial charge in [-0.1, -0.05) is 46.3 Å². The quantitative estimate of drug-likeness (QED) is 0.231. The number of epoxide rings is 1. The van der Waals surface area contributed by atoms with Gasteiger partial charge in [0.25, 0.3) is 0 Å². The number of ether oxygens (including phenoxy) is 3. The number of fused-ring (bicyclic) bond motifs is 1. The van der Waals surface area contributed by atoms with Crippen LogP contribution < -0.4 is 0 Å². The van der Waals surface area contributed by atoms with Gasteiger partial charge in [0.15, 0.2) is 11.2 Å². The summed E-state index contributed by atoms with van der Waals surface area (Å²) in [5.74, 6) is 1.19. The van der Waals surface area contributed by atoms with E-state index in [1.54, 1.807) is 0 Å². The van der Waals surface area contributed by atoms with Gasteiger partial charge >= 0.3 is 11.9 Å². The van der Waals surface area contributed by atoms with E-state index in [0.29, 0.717) is 11.8 Å². The Hall–Kier alpha value is -1.36. The van der Waals surface area contributed by atoms with Crippen LogP contribution in [0.25, 0.3) is 0 Å². The van der Waals surface area contributed by atoms with Crippen LogP contribution in [0.1, 0.15) is 113 Å². The van der Waals surface area contributed by atoms with Gasteiger partial charge in [-0.2, -0.15) is 0 Å². The van der Waals surface area contributed by atoms with Crippen LogP contribution in [0.15, 0.2) is 11.6 Å². The van der Waals surface area contributed by atoms with Crippen molar-refractivity contribution in [3.63, 3.8) is 0 Å². The molecule has 2 saturated heterocycles. The molecular formula is C32H48O5. The lowest BCUT2D eigenvalue weighted by Crippen LogP contribution is -2.73. The van der Waals surface area contributed by atoms with Crippen LogP contribution in [-0.2, 0) is 23.8 Å². The number of hydrogen-bond donors (Lipinski definition) is 0. The van der Waals surface area contributed by atoms with Crippen LogP contribution in [-0.4, -0.2) is 35.3 Å². The topological polar surface area (TPSA) is 65.1 Å². The molecule has 6 aliphatic rings. The molecule has 4 saturated carbocycles. The lowest BCUT2D eigenvalue weighted by atomic mass is 9.36. The monoisotopic (exact) mass is 512 g/mol. The first-order valence-electron chi connectivity index (χ1n) is 15.0. The lowest BCUT2D eigenvalue weighted by Gasteiger charge is -2.65. The third kappa shape index (κ3) is 2.76. The van der Waals surface area contributed by atoms with Crippen molar-refractivity contribution >= 4 is 11.9 Å². The molecule has 4 aliphatic carbocycles. The Kier molecular flexibility index (Phi) is 5.35. The minimum atomic E-state index is -0.567. The molecule has 5 heteroatoms. The molecule has 2 bridgehead atoms. The molecule has 0 aromatic rings. The van der Waals surface area contributed by atoms with Crippen LogP contribution >= 0.6 is 0 Å². The molecule has 6 fully saturated rings. The molecular weight excluding hydrogens is 464 g/mol. The van der Waals surface area contributed by atoms with Gasteiger partial charge in [-0.25, -0.2) is 0 Å². The fourth-order valence-electron chi connectivity index (χ4n) is 11.5. The minimum Gasteiger partial charge on any atom is -0.462 e. The highest BCUT2D eigenvalue weighted by Crippen LogP contribution is 2.87. The summed E-state index contributed by atoms with van der Waals surface area (Å²) in [7, 11) is 0. The Morgan fingerprint density at radius 2 is 1.78 bits per heavy atom. The van der Waals surface area contributed by atoms with Crippen LogP contribution in [0.3, 0.4) is 0 Å². The SMILES string of the molecule is CC(=O)OC1CCC2(C)C(CC3OC34C23CCC2(C)C(C(C)CCC=C(C)C)CCC24C(=O)O3)C1(C)C. The van der Waals surface area contributed by atoms with E-state index in [1.165, 1.54) is 18.9 Å². The lowest BCUT2D eigenvalue weighted by molar-refractivity contribution is -0.236. The summed E-state index contributed by atoms with van der Waals surface area (Å²) in [5.41, 5.74) is -0.663. The molecule has 10 atom stereocenters. The third-order valence-corrected chi connectivity index (χ3v) is 13.2. The van der Waals surface area contributed by atoms with Crippen LogP contribution in [0.2, 0.25) is 0 Å². The zero-order chi connectivity index (χ0) is 26.8. The molecule has 2 aliphatic heterocycles. The standard InChI is InChI=1S/C32H48O5/c1-19(2)10-9-11-20(3)22-12-15-30-26(34)37-31(17-16-28(22,30)7)29(8)14-13-24(35-21(4)33)27(5,6)23(29)18-25-32(30,31)36-25/h10,20,22-25H,9,11-18H2,1-8H3. The molecule has 6 rings (SSSR count). The predicted octanol–water partition coefficient (Wildman–Crippen LogP) is 6.78. The summed E-state index contributed by atoms with van der Waals surface area (Å²) in [4.78, 5) is 26.3. The van der Waals surface area contributed by atoms with E-state index in [2.05, 4.69) is 54.5 Å². The van der Waals surface area contributed by atoms with E-state index < -0.39 is 16.6 Å². The van der Waals surface area contributed by atoms with E-state index in [0.717, 1.165) is 51.4 Å². The first kappa shape index (κ1) is 25.9. The maximum absolute atomic E-state index is 14.3. The van der Waals surface area contributed by atoms with Gasteiger partial charge in [0.1, 0.15) is 11.5 Å². The van der Waals surface area contributed by atoms with Gasteiger partial charge in [-0.05, 0) is 94.8 Å². The molecule has 2 spiro atoms. The minimum absolute atomic E-state index is 0.0378. The number of allylic oxidation sites excluding steroid dienone is 2. The largest absolute Gasteiger partial charge is 0.462 e. The molecule has 10 unspecified atom stereocenters. The number of esters is 2. The number of carbonyl (C=O) groups excluding carboxylic acids is 2. The highest BCUT2D eigenvalue weighted by atomic mass is 16.7. The van der Waals surface area contributed by atoms with Crippen molar-refractivity contribution in [3.8, 4) is 0 Å².